The number of nitrogens with one attached hydrogen (secondary N) is 1. The molecule has 2 aromatic rings. The first-order chi connectivity index (χ1) is 9.72. The molecule has 0 atom stereocenters. The highest BCUT2D eigenvalue weighted by molar-refractivity contribution is 5.95. The topological polar surface area (TPSA) is 61.7 Å². The van der Waals surface area contributed by atoms with Gasteiger partial charge in [-0.15, -0.1) is 0 Å². The van der Waals surface area contributed by atoms with Gasteiger partial charge in [0.15, 0.2) is 0 Å². The maximum Gasteiger partial charge on any atom is 0.271 e. The van der Waals surface area contributed by atoms with Crippen molar-refractivity contribution < 1.29 is 9.90 Å². The number of hydrogen-bond acceptors (Lipinski definition) is 3. The normalized spacial score (nSPS) is 10.7. The third-order valence-electron chi connectivity index (χ3n) is 2.94. The zero-order chi connectivity index (χ0) is 14.4. The van der Waals surface area contributed by atoms with Crippen molar-refractivity contribution in [2.45, 2.75) is 13.3 Å². The average Bonchev–Trinajstić information content (AvgIpc) is 2.49. The molecule has 20 heavy (non-hydrogen) atoms. The predicted molar refractivity (Wildman–Crippen MR) is 79.0 cm³/mol. The second-order valence-electron chi connectivity index (χ2n) is 4.27. The Morgan fingerprint density at radius 1 is 1.20 bits per heavy atom. The van der Waals surface area contributed by atoms with E-state index in [0.717, 1.165) is 12.0 Å². The number of aryl methyl sites for hydroxylation is 1. The standard InChI is InChI=1S/C16H16N2O2/c1-2-12-9-6-10-14(15(12)19)11-17-18-16(20)13-7-4-3-5-8-13/h3-11,19H,2H2,1H3,(H,18,20)/b17-11+. The highest BCUT2D eigenvalue weighted by Gasteiger charge is 2.04. The van der Waals surface area contributed by atoms with Crippen LogP contribution in [0.25, 0.3) is 0 Å². The summed E-state index contributed by atoms with van der Waals surface area (Å²) >= 11 is 0. The molecule has 0 aliphatic rings. The van der Waals surface area contributed by atoms with Gasteiger partial charge in [0.1, 0.15) is 5.75 Å². The number of para-hydroxylation sites is 1. The lowest BCUT2D eigenvalue weighted by molar-refractivity contribution is 0.0955. The second-order valence-corrected chi connectivity index (χ2v) is 4.27. The van der Waals surface area contributed by atoms with Gasteiger partial charge in [0, 0.05) is 11.1 Å². The van der Waals surface area contributed by atoms with Crippen molar-refractivity contribution in [3.8, 4) is 5.75 Å². The van der Waals surface area contributed by atoms with Crippen molar-refractivity contribution in [3.05, 3.63) is 65.2 Å². The summed E-state index contributed by atoms with van der Waals surface area (Å²) in [5, 5.41) is 13.8. The van der Waals surface area contributed by atoms with Gasteiger partial charge in [-0.3, -0.25) is 4.79 Å². The van der Waals surface area contributed by atoms with E-state index in [1.165, 1.54) is 6.21 Å². The van der Waals surface area contributed by atoms with Gasteiger partial charge in [-0.2, -0.15) is 5.10 Å². The summed E-state index contributed by atoms with van der Waals surface area (Å²) in [5.41, 5.74) is 4.40. The number of benzene rings is 2. The molecule has 0 heterocycles. The van der Waals surface area contributed by atoms with Crippen molar-refractivity contribution in [1.82, 2.24) is 5.43 Å². The van der Waals surface area contributed by atoms with Crippen molar-refractivity contribution in [3.63, 3.8) is 0 Å². The number of hydrazone groups is 1. The van der Waals surface area contributed by atoms with Crippen LogP contribution in [0.15, 0.2) is 53.6 Å². The molecular weight excluding hydrogens is 252 g/mol. The van der Waals surface area contributed by atoms with Crippen LogP contribution < -0.4 is 5.43 Å². The van der Waals surface area contributed by atoms with E-state index in [-0.39, 0.29) is 11.7 Å². The zero-order valence-corrected chi connectivity index (χ0v) is 11.2. The molecule has 0 aromatic heterocycles. The number of aromatic hydroxyl groups is 1. The Labute approximate surface area is 117 Å². The Kier molecular flexibility index (Phi) is 4.50. The molecule has 2 aromatic carbocycles. The molecule has 0 aliphatic heterocycles. The Morgan fingerprint density at radius 3 is 2.65 bits per heavy atom. The first-order valence-electron chi connectivity index (χ1n) is 6.41. The lowest BCUT2D eigenvalue weighted by atomic mass is 10.1. The fourth-order valence-corrected chi connectivity index (χ4v) is 1.82. The molecule has 0 saturated heterocycles. The molecule has 2 N–H and O–H groups in total. The maximum atomic E-state index is 11.8. The number of hydrogen-bond donors (Lipinski definition) is 2. The lowest BCUT2D eigenvalue weighted by Crippen LogP contribution is -2.17. The molecule has 0 aliphatic carbocycles. The van der Waals surface area contributed by atoms with E-state index in [9.17, 15) is 9.90 Å². The molecule has 0 unspecified atom stereocenters. The highest BCUT2D eigenvalue weighted by Crippen LogP contribution is 2.21. The Balaban J connectivity index is 2.06. The molecule has 4 nitrogen and oxygen atoms in total. The van der Waals surface area contributed by atoms with Crippen LogP contribution in [0.5, 0.6) is 5.75 Å². The van der Waals surface area contributed by atoms with Gasteiger partial charge >= 0.3 is 0 Å². The van der Waals surface area contributed by atoms with Gasteiger partial charge in [0.2, 0.25) is 0 Å². The molecule has 0 radical (unpaired) electrons. The van der Waals surface area contributed by atoms with Crippen LogP contribution in [0.4, 0.5) is 0 Å². The molecule has 0 spiro atoms. The van der Waals surface area contributed by atoms with E-state index < -0.39 is 0 Å². The molecular formula is C16H16N2O2. The minimum atomic E-state index is -0.284. The van der Waals surface area contributed by atoms with E-state index in [0.29, 0.717) is 11.1 Å². The minimum Gasteiger partial charge on any atom is -0.507 e. The number of rotatable bonds is 4. The van der Waals surface area contributed by atoms with Gasteiger partial charge in [-0.25, -0.2) is 5.43 Å². The number of carbonyl (C=O) groups is 1. The molecule has 1 amide bonds. The molecule has 4 heteroatoms. The van der Waals surface area contributed by atoms with Crippen molar-refractivity contribution in [1.29, 1.82) is 0 Å². The van der Waals surface area contributed by atoms with Crippen LogP contribution in [-0.4, -0.2) is 17.2 Å². The van der Waals surface area contributed by atoms with E-state index in [2.05, 4.69) is 10.5 Å². The average molecular weight is 268 g/mol. The number of nitrogens with zero attached hydrogens (tertiary/aromatic N) is 1. The molecule has 0 saturated carbocycles. The number of phenols is 1. The summed E-state index contributed by atoms with van der Waals surface area (Å²) in [6.45, 7) is 1.97. The monoisotopic (exact) mass is 268 g/mol. The first-order valence-corrected chi connectivity index (χ1v) is 6.41. The first kappa shape index (κ1) is 13.8. The van der Waals surface area contributed by atoms with Gasteiger partial charge in [-0.1, -0.05) is 37.3 Å². The summed E-state index contributed by atoms with van der Waals surface area (Å²) in [6.07, 6.45) is 2.18. The van der Waals surface area contributed by atoms with Crippen LogP contribution in [0.3, 0.4) is 0 Å². The van der Waals surface area contributed by atoms with Crippen molar-refractivity contribution in [2.24, 2.45) is 5.10 Å². The fourth-order valence-electron chi connectivity index (χ4n) is 1.82. The van der Waals surface area contributed by atoms with Crippen LogP contribution >= 0.6 is 0 Å². The largest absolute Gasteiger partial charge is 0.507 e. The lowest BCUT2D eigenvalue weighted by Gasteiger charge is -2.04. The number of phenolic OH excluding ortho intramolecular Hbond substituents is 1. The van der Waals surface area contributed by atoms with Crippen molar-refractivity contribution >= 4 is 12.1 Å². The number of amides is 1. The fraction of sp³-hybridized carbons (Fsp3) is 0.125. The maximum absolute atomic E-state index is 11.8. The van der Waals surface area contributed by atoms with E-state index in [4.69, 9.17) is 0 Å². The SMILES string of the molecule is CCc1cccc(/C=N/NC(=O)c2ccccc2)c1O. The summed E-state index contributed by atoms with van der Waals surface area (Å²) in [6, 6.07) is 14.3. The van der Waals surface area contributed by atoms with E-state index in [1.54, 1.807) is 30.3 Å². The second kappa shape index (κ2) is 6.52. The third kappa shape index (κ3) is 3.23. The summed E-state index contributed by atoms with van der Waals surface area (Å²) < 4.78 is 0. The van der Waals surface area contributed by atoms with Gasteiger partial charge in [0.05, 0.1) is 6.21 Å². The Bertz CT molecular complexity index is 622. The van der Waals surface area contributed by atoms with Gasteiger partial charge < -0.3 is 5.11 Å². The van der Waals surface area contributed by atoms with Gasteiger partial charge in [0.25, 0.3) is 5.91 Å². The van der Waals surface area contributed by atoms with E-state index >= 15 is 0 Å². The summed E-state index contributed by atoms with van der Waals surface area (Å²) in [7, 11) is 0. The van der Waals surface area contributed by atoms with Crippen LogP contribution in [0.2, 0.25) is 0 Å². The quantitative estimate of drug-likeness (QED) is 0.661. The van der Waals surface area contributed by atoms with Crippen molar-refractivity contribution in [2.75, 3.05) is 0 Å². The highest BCUT2D eigenvalue weighted by atomic mass is 16.3. The Morgan fingerprint density at radius 2 is 1.95 bits per heavy atom. The molecule has 0 bridgehead atoms. The number of carbonyl (C=O) groups excluding carboxylic acids is 1. The molecule has 2 rings (SSSR count). The van der Waals surface area contributed by atoms with Crippen LogP contribution in [0, 0.1) is 0 Å². The smallest absolute Gasteiger partial charge is 0.271 e. The predicted octanol–water partition coefficient (Wildman–Crippen LogP) is 2.72. The van der Waals surface area contributed by atoms with Gasteiger partial charge in [-0.05, 0) is 30.2 Å². The minimum absolute atomic E-state index is 0.202. The van der Waals surface area contributed by atoms with Crippen LogP contribution in [-0.2, 0) is 6.42 Å². The summed E-state index contributed by atoms with van der Waals surface area (Å²) in [5.74, 6) is -0.0827. The third-order valence-corrected chi connectivity index (χ3v) is 2.94. The molecule has 102 valence electrons. The molecule has 0 fully saturated rings. The Hall–Kier alpha value is -2.62. The zero-order valence-electron chi connectivity index (χ0n) is 11.2. The summed E-state index contributed by atoms with van der Waals surface area (Å²) in [4.78, 5) is 11.8. The van der Waals surface area contributed by atoms with E-state index in [1.807, 2.05) is 25.1 Å². The van der Waals surface area contributed by atoms with Crippen LogP contribution in [0.1, 0.15) is 28.4 Å².